The van der Waals surface area contributed by atoms with E-state index in [4.69, 9.17) is 9.15 Å². The fourth-order valence-electron chi connectivity index (χ4n) is 1.28. The Balaban J connectivity index is 2.16. The quantitative estimate of drug-likeness (QED) is 0.645. The molecule has 0 spiro atoms. The van der Waals surface area contributed by atoms with Gasteiger partial charge in [0.1, 0.15) is 12.4 Å². The summed E-state index contributed by atoms with van der Waals surface area (Å²) in [5.74, 6) is 0.736. The molecule has 1 heterocycles. The Morgan fingerprint density at radius 1 is 1.44 bits per heavy atom. The van der Waals surface area contributed by atoms with E-state index in [1.807, 2.05) is 19.9 Å². The van der Waals surface area contributed by atoms with Crippen LogP contribution in [0.1, 0.15) is 26.5 Å². The number of ether oxygens (including phenoxy) is 1. The molecule has 0 bridgehead atoms. The van der Waals surface area contributed by atoms with E-state index in [1.165, 1.54) is 0 Å². The van der Waals surface area contributed by atoms with Gasteiger partial charge in [-0.25, -0.2) is 0 Å². The topological polar surface area (TPSA) is 74.9 Å². The van der Waals surface area contributed by atoms with E-state index in [2.05, 4.69) is 5.32 Å². The number of nitrogens with one attached hydrogen (secondary N) is 1. The average Bonchev–Trinajstić information content (AvgIpc) is 2.79. The summed E-state index contributed by atoms with van der Waals surface area (Å²) in [6, 6.07) is 3.61. The van der Waals surface area contributed by atoms with E-state index in [0.717, 1.165) is 5.76 Å². The van der Waals surface area contributed by atoms with Gasteiger partial charge < -0.3 is 24.7 Å². The van der Waals surface area contributed by atoms with Crippen LogP contribution in [0.25, 0.3) is 0 Å². The molecule has 0 saturated carbocycles. The van der Waals surface area contributed by atoms with Crippen LogP contribution in [0.4, 0.5) is 0 Å². The fourth-order valence-corrected chi connectivity index (χ4v) is 1.28. The Labute approximate surface area is 108 Å². The molecule has 104 valence electrons. The average molecular weight is 257 g/mol. The summed E-state index contributed by atoms with van der Waals surface area (Å²) in [6.45, 7) is 6.43. The van der Waals surface area contributed by atoms with Crippen molar-refractivity contribution in [2.45, 2.75) is 45.1 Å². The molecular weight excluding hydrogens is 234 g/mol. The zero-order chi connectivity index (χ0) is 13.6. The molecule has 0 aliphatic rings. The highest BCUT2D eigenvalue weighted by atomic mass is 16.5. The summed E-state index contributed by atoms with van der Waals surface area (Å²) in [5, 5.41) is 22.3. The van der Waals surface area contributed by atoms with Gasteiger partial charge in [0.25, 0.3) is 0 Å². The zero-order valence-corrected chi connectivity index (χ0v) is 11.2. The molecule has 0 saturated heterocycles. The number of β-amino-alcohol motifs (C(OH)–C–C–N with tert-alkyl or cyclic N) is 1. The summed E-state index contributed by atoms with van der Waals surface area (Å²) < 4.78 is 10.4. The fraction of sp³-hybridized carbons (Fsp3) is 0.692. The van der Waals surface area contributed by atoms with Crippen molar-refractivity contribution >= 4 is 0 Å². The van der Waals surface area contributed by atoms with Gasteiger partial charge in [0, 0.05) is 12.1 Å². The van der Waals surface area contributed by atoms with Crippen LogP contribution in [0, 0.1) is 0 Å². The summed E-state index contributed by atoms with van der Waals surface area (Å²) in [7, 11) is 0. The van der Waals surface area contributed by atoms with Crippen molar-refractivity contribution in [1.82, 2.24) is 5.32 Å². The summed E-state index contributed by atoms with van der Waals surface area (Å²) in [4.78, 5) is 0. The van der Waals surface area contributed by atoms with Gasteiger partial charge in [-0.3, -0.25) is 0 Å². The summed E-state index contributed by atoms with van der Waals surface area (Å²) in [6.07, 6.45) is 0.480. The van der Waals surface area contributed by atoms with Crippen LogP contribution in [0.3, 0.4) is 0 Å². The Morgan fingerprint density at radius 3 is 2.72 bits per heavy atom. The maximum atomic E-state index is 9.72. The maximum absolute atomic E-state index is 9.72. The number of aliphatic hydroxyl groups is 2. The summed E-state index contributed by atoms with van der Waals surface area (Å²) >= 11 is 0. The highest BCUT2D eigenvalue weighted by Gasteiger charge is 2.23. The Bertz CT molecular complexity index is 322. The molecule has 0 aliphatic carbocycles. The second kappa shape index (κ2) is 6.89. The second-order valence-corrected chi connectivity index (χ2v) is 5.03. The number of aliphatic hydroxyl groups excluding tert-OH is 2. The molecule has 5 nitrogen and oxygen atoms in total. The van der Waals surface area contributed by atoms with E-state index < -0.39 is 17.7 Å². The molecule has 5 heteroatoms. The monoisotopic (exact) mass is 257 g/mol. The number of furan rings is 1. The minimum absolute atomic E-state index is 0.226. The van der Waals surface area contributed by atoms with E-state index in [-0.39, 0.29) is 6.61 Å². The molecule has 1 aromatic heterocycles. The lowest BCUT2D eigenvalue weighted by atomic mass is 9.99. The number of hydrogen-bond acceptors (Lipinski definition) is 5. The minimum atomic E-state index is -0.613. The van der Waals surface area contributed by atoms with Gasteiger partial charge in [-0.15, -0.1) is 0 Å². The molecule has 2 atom stereocenters. The number of hydrogen-bond donors (Lipinski definition) is 3. The van der Waals surface area contributed by atoms with Crippen molar-refractivity contribution in [3.8, 4) is 0 Å². The van der Waals surface area contributed by atoms with Crippen LogP contribution >= 0.6 is 0 Å². The molecule has 0 amide bonds. The molecule has 0 aliphatic heterocycles. The van der Waals surface area contributed by atoms with Gasteiger partial charge >= 0.3 is 0 Å². The number of rotatable bonds is 8. The molecule has 3 N–H and O–H groups in total. The van der Waals surface area contributed by atoms with Gasteiger partial charge in [0.05, 0.1) is 25.1 Å². The van der Waals surface area contributed by atoms with Crippen LogP contribution in [-0.2, 0) is 11.3 Å². The van der Waals surface area contributed by atoms with Gasteiger partial charge in [-0.1, -0.05) is 0 Å². The largest absolute Gasteiger partial charge is 0.467 e. The van der Waals surface area contributed by atoms with E-state index in [1.54, 1.807) is 19.3 Å². The second-order valence-electron chi connectivity index (χ2n) is 5.03. The zero-order valence-electron chi connectivity index (χ0n) is 11.2. The third-order valence-electron chi connectivity index (χ3n) is 2.97. The van der Waals surface area contributed by atoms with Crippen molar-refractivity contribution < 1.29 is 19.4 Å². The lowest BCUT2D eigenvalue weighted by Gasteiger charge is -2.30. The Kier molecular flexibility index (Phi) is 5.81. The van der Waals surface area contributed by atoms with Crippen molar-refractivity contribution in [3.63, 3.8) is 0 Å². The maximum Gasteiger partial charge on any atom is 0.129 e. The third kappa shape index (κ3) is 5.18. The SMILES string of the molecule is CC(O)C(C)(C)NCC(O)COCc1ccco1. The summed E-state index contributed by atoms with van der Waals surface area (Å²) in [5.41, 5.74) is -0.429. The molecule has 0 aromatic carbocycles. The lowest BCUT2D eigenvalue weighted by Crippen LogP contribution is -2.51. The Hall–Kier alpha value is -0.880. The molecule has 1 rings (SSSR count). The van der Waals surface area contributed by atoms with Crippen molar-refractivity contribution in [3.05, 3.63) is 24.2 Å². The molecule has 18 heavy (non-hydrogen) atoms. The van der Waals surface area contributed by atoms with Crippen LogP contribution in [0.2, 0.25) is 0 Å². The first kappa shape index (κ1) is 15.2. The predicted octanol–water partition coefficient (Wildman–Crippen LogP) is 0.906. The van der Waals surface area contributed by atoms with Gasteiger partial charge in [0.15, 0.2) is 0 Å². The van der Waals surface area contributed by atoms with E-state index in [0.29, 0.717) is 13.2 Å². The van der Waals surface area contributed by atoms with Crippen molar-refractivity contribution in [2.75, 3.05) is 13.2 Å². The minimum Gasteiger partial charge on any atom is -0.467 e. The van der Waals surface area contributed by atoms with Crippen LogP contribution in [0.5, 0.6) is 0 Å². The highest BCUT2D eigenvalue weighted by molar-refractivity contribution is 4.96. The standard InChI is InChI=1S/C13H23NO4/c1-10(15)13(2,3)14-7-11(16)8-17-9-12-5-4-6-18-12/h4-6,10-11,14-16H,7-9H2,1-3H3. The normalized spacial score (nSPS) is 15.6. The van der Waals surface area contributed by atoms with Crippen molar-refractivity contribution in [1.29, 1.82) is 0 Å². The van der Waals surface area contributed by atoms with Gasteiger partial charge in [-0.2, -0.15) is 0 Å². The third-order valence-corrected chi connectivity index (χ3v) is 2.97. The van der Waals surface area contributed by atoms with Crippen LogP contribution < -0.4 is 5.32 Å². The molecular formula is C13H23NO4. The first-order valence-corrected chi connectivity index (χ1v) is 6.13. The Morgan fingerprint density at radius 2 is 2.17 bits per heavy atom. The van der Waals surface area contributed by atoms with Gasteiger partial charge in [0.2, 0.25) is 0 Å². The van der Waals surface area contributed by atoms with Crippen LogP contribution in [0.15, 0.2) is 22.8 Å². The highest BCUT2D eigenvalue weighted by Crippen LogP contribution is 2.08. The van der Waals surface area contributed by atoms with Crippen molar-refractivity contribution in [2.24, 2.45) is 0 Å². The smallest absolute Gasteiger partial charge is 0.129 e. The molecule has 1 aromatic rings. The van der Waals surface area contributed by atoms with E-state index in [9.17, 15) is 10.2 Å². The van der Waals surface area contributed by atoms with Gasteiger partial charge in [-0.05, 0) is 32.9 Å². The lowest BCUT2D eigenvalue weighted by molar-refractivity contribution is 0.0133. The molecule has 0 radical (unpaired) electrons. The molecule has 0 fully saturated rings. The van der Waals surface area contributed by atoms with E-state index >= 15 is 0 Å². The molecule has 2 unspecified atom stereocenters. The predicted molar refractivity (Wildman–Crippen MR) is 68.1 cm³/mol. The first-order valence-electron chi connectivity index (χ1n) is 6.13. The first-order chi connectivity index (χ1) is 8.42. The van der Waals surface area contributed by atoms with Crippen LogP contribution in [-0.4, -0.2) is 41.1 Å².